The minimum atomic E-state index is -0.440. The molecule has 0 bridgehead atoms. The maximum absolute atomic E-state index is 5.70. The highest BCUT2D eigenvalue weighted by atomic mass is 32.1. The maximum Gasteiger partial charge on any atom is 0.0926 e. The van der Waals surface area contributed by atoms with Crippen LogP contribution in [-0.4, -0.2) is 10.5 Å². The van der Waals surface area contributed by atoms with Crippen molar-refractivity contribution in [1.82, 2.24) is 0 Å². The molecule has 3 heteroatoms. The van der Waals surface area contributed by atoms with Crippen LogP contribution >= 0.6 is 12.2 Å². The molecule has 0 aliphatic carbocycles. The van der Waals surface area contributed by atoms with Gasteiger partial charge in [0.15, 0.2) is 0 Å². The summed E-state index contributed by atoms with van der Waals surface area (Å²) in [4.78, 5) is 0.407. The second-order valence-corrected chi connectivity index (χ2v) is 2.97. The van der Waals surface area contributed by atoms with Gasteiger partial charge in [0.25, 0.3) is 0 Å². The van der Waals surface area contributed by atoms with Crippen LogP contribution in [0.4, 0.5) is 0 Å². The van der Waals surface area contributed by atoms with Crippen molar-refractivity contribution in [2.45, 2.75) is 32.2 Å². The summed E-state index contributed by atoms with van der Waals surface area (Å²) in [6, 6.07) is 0. The highest BCUT2D eigenvalue weighted by molar-refractivity contribution is 7.80. The van der Waals surface area contributed by atoms with E-state index in [1.54, 1.807) is 0 Å². The van der Waals surface area contributed by atoms with Gasteiger partial charge in [0.1, 0.15) is 0 Å². The Morgan fingerprint density at radius 1 is 1.67 bits per heavy atom. The Balaban J connectivity index is 3.85. The SMILES string of the molecule is CCC[C@](C)(N)C(N)=S. The Kier molecular flexibility index (Phi) is 3.08. The molecular weight excluding hydrogens is 132 g/mol. The topological polar surface area (TPSA) is 52.0 Å². The number of hydrogen-bond acceptors (Lipinski definition) is 2. The molecule has 0 spiro atoms. The number of hydrogen-bond donors (Lipinski definition) is 2. The summed E-state index contributed by atoms with van der Waals surface area (Å²) in [5.74, 6) is 0. The van der Waals surface area contributed by atoms with E-state index in [9.17, 15) is 0 Å². The third-order valence-corrected chi connectivity index (χ3v) is 1.80. The van der Waals surface area contributed by atoms with Crippen LogP contribution in [0, 0.1) is 0 Å². The van der Waals surface area contributed by atoms with Crippen molar-refractivity contribution in [2.75, 3.05) is 0 Å². The Morgan fingerprint density at radius 3 is 2.22 bits per heavy atom. The van der Waals surface area contributed by atoms with Crippen molar-refractivity contribution in [3.05, 3.63) is 0 Å². The first kappa shape index (κ1) is 8.85. The Morgan fingerprint density at radius 2 is 2.11 bits per heavy atom. The molecule has 0 radical (unpaired) electrons. The van der Waals surface area contributed by atoms with Crippen LogP contribution in [0.1, 0.15) is 26.7 Å². The molecule has 0 rings (SSSR count). The predicted octanol–water partition coefficient (Wildman–Crippen LogP) is 0.790. The van der Waals surface area contributed by atoms with Crippen molar-refractivity contribution in [3.8, 4) is 0 Å². The summed E-state index contributed by atoms with van der Waals surface area (Å²) < 4.78 is 0. The van der Waals surface area contributed by atoms with Crippen molar-refractivity contribution in [1.29, 1.82) is 0 Å². The van der Waals surface area contributed by atoms with Gasteiger partial charge >= 0.3 is 0 Å². The monoisotopic (exact) mass is 146 g/mol. The molecule has 0 aromatic carbocycles. The minimum absolute atomic E-state index is 0.407. The first-order valence-corrected chi connectivity index (χ1v) is 3.50. The van der Waals surface area contributed by atoms with Gasteiger partial charge in [-0.2, -0.15) is 0 Å². The van der Waals surface area contributed by atoms with E-state index in [4.69, 9.17) is 23.7 Å². The summed E-state index contributed by atoms with van der Waals surface area (Å²) in [6.07, 6.45) is 1.88. The Labute approximate surface area is 61.6 Å². The van der Waals surface area contributed by atoms with Crippen LogP contribution in [0.25, 0.3) is 0 Å². The van der Waals surface area contributed by atoms with Gasteiger partial charge in [-0.05, 0) is 13.3 Å². The molecule has 0 heterocycles. The fraction of sp³-hybridized carbons (Fsp3) is 0.833. The molecule has 2 nitrogen and oxygen atoms in total. The number of rotatable bonds is 3. The molecule has 0 saturated heterocycles. The van der Waals surface area contributed by atoms with E-state index >= 15 is 0 Å². The van der Waals surface area contributed by atoms with Gasteiger partial charge in [-0.25, -0.2) is 0 Å². The van der Waals surface area contributed by atoms with Crippen molar-refractivity contribution in [2.24, 2.45) is 11.5 Å². The lowest BCUT2D eigenvalue weighted by molar-refractivity contribution is 0.561. The molecule has 0 amide bonds. The van der Waals surface area contributed by atoms with E-state index in [1.165, 1.54) is 0 Å². The third-order valence-electron chi connectivity index (χ3n) is 1.33. The second kappa shape index (κ2) is 3.13. The number of thiocarbonyl (C=S) groups is 1. The maximum atomic E-state index is 5.70. The van der Waals surface area contributed by atoms with Gasteiger partial charge in [-0.1, -0.05) is 25.6 Å². The summed E-state index contributed by atoms with van der Waals surface area (Å²) >= 11 is 4.75. The molecule has 0 fully saturated rings. The second-order valence-electron chi connectivity index (χ2n) is 2.53. The van der Waals surface area contributed by atoms with Crippen molar-refractivity contribution in [3.63, 3.8) is 0 Å². The lowest BCUT2D eigenvalue weighted by Gasteiger charge is -2.21. The molecule has 0 aromatic rings. The van der Waals surface area contributed by atoms with Crippen molar-refractivity contribution >= 4 is 17.2 Å². The van der Waals surface area contributed by atoms with Gasteiger partial charge in [-0.3, -0.25) is 0 Å². The van der Waals surface area contributed by atoms with E-state index in [1.807, 2.05) is 6.92 Å². The van der Waals surface area contributed by atoms with Gasteiger partial charge in [-0.15, -0.1) is 0 Å². The molecule has 0 aromatic heterocycles. The van der Waals surface area contributed by atoms with E-state index in [0.29, 0.717) is 4.99 Å². The standard InChI is InChI=1S/C6H14N2S/c1-3-4-6(2,8)5(7)9/h3-4,8H2,1-2H3,(H2,7,9)/t6-/m0/s1. The highest BCUT2D eigenvalue weighted by Gasteiger charge is 2.19. The zero-order chi connectivity index (χ0) is 7.49. The Bertz CT molecular complexity index is 110. The smallest absolute Gasteiger partial charge is 0.0926 e. The van der Waals surface area contributed by atoms with Gasteiger partial charge < -0.3 is 11.5 Å². The largest absolute Gasteiger partial charge is 0.392 e. The molecule has 1 atom stereocenters. The fourth-order valence-corrected chi connectivity index (χ4v) is 0.745. The highest BCUT2D eigenvalue weighted by Crippen LogP contribution is 2.07. The lowest BCUT2D eigenvalue weighted by atomic mass is 9.98. The van der Waals surface area contributed by atoms with Crippen LogP contribution in [-0.2, 0) is 0 Å². The molecule has 4 N–H and O–H groups in total. The average Bonchev–Trinajstić information content (AvgIpc) is 1.65. The quantitative estimate of drug-likeness (QED) is 0.579. The first-order valence-electron chi connectivity index (χ1n) is 3.09. The molecule has 0 aliphatic rings. The molecule has 9 heavy (non-hydrogen) atoms. The van der Waals surface area contributed by atoms with Crippen LogP contribution < -0.4 is 11.5 Å². The average molecular weight is 146 g/mol. The first-order chi connectivity index (χ1) is 4.00. The summed E-state index contributed by atoms with van der Waals surface area (Å²) in [6.45, 7) is 3.92. The lowest BCUT2D eigenvalue weighted by Crippen LogP contribution is -2.47. The molecule has 0 unspecified atom stereocenters. The van der Waals surface area contributed by atoms with E-state index in [0.717, 1.165) is 12.8 Å². The summed E-state index contributed by atoms with van der Waals surface area (Å²) in [5, 5.41) is 0. The van der Waals surface area contributed by atoms with Gasteiger partial charge in [0.2, 0.25) is 0 Å². The van der Waals surface area contributed by atoms with Crippen LogP contribution in [0.3, 0.4) is 0 Å². The summed E-state index contributed by atoms with van der Waals surface area (Å²) in [7, 11) is 0. The third kappa shape index (κ3) is 2.77. The number of nitrogens with two attached hydrogens (primary N) is 2. The molecule has 0 aliphatic heterocycles. The molecule has 54 valence electrons. The van der Waals surface area contributed by atoms with Gasteiger partial charge in [0.05, 0.1) is 10.5 Å². The van der Waals surface area contributed by atoms with E-state index < -0.39 is 5.54 Å². The molecule has 0 saturated carbocycles. The van der Waals surface area contributed by atoms with E-state index in [-0.39, 0.29) is 0 Å². The minimum Gasteiger partial charge on any atom is -0.392 e. The molecular formula is C6H14N2S. The van der Waals surface area contributed by atoms with Crippen LogP contribution in [0.15, 0.2) is 0 Å². The summed E-state index contributed by atoms with van der Waals surface area (Å²) in [5.41, 5.74) is 10.6. The van der Waals surface area contributed by atoms with Gasteiger partial charge in [0, 0.05) is 0 Å². The Hall–Kier alpha value is -0.150. The zero-order valence-corrected chi connectivity index (χ0v) is 6.79. The fourth-order valence-electron chi connectivity index (χ4n) is 0.643. The van der Waals surface area contributed by atoms with E-state index in [2.05, 4.69) is 6.92 Å². The predicted molar refractivity (Wildman–Crippen MR) is 44.3 cm³/mol. The van der Waals surface area contributed by atoms with Crippen LogP contribution in [0.5, 0.6) is 0 Å². The normalized spacial score (nSPS) is 16.8. The van der Waals surface area contributed by atoms with Crippen molar-refractivity contribution < 1.29 is 0 Å². The zero-order valence-electron chi connectivity index (χ0n) is 5.98. The van der Waals surface area contributed by atoms with Crippen LogP contribution in [0.2, 0.25) is 0 Å².